The molecule has 1 nitrogen and oxygen atoms in total. The van der Waals surface area contributed by atoms with Crippen LogP contribution in [-0.2, 0) is 4.74 Å². The van der Waals surface area contributed by atoms with E-state index in [1.807, 2.05) is 30.3 Å². The Balaban J connectivity index is 2.89. The largest absolute Gasteiger partial charge is 0.348 e. The van der Waals surface area contributed by atoms with Crippen LogP contribution in [0.5, 0.6) is 0 Å². The van der Waals surface area contributed by atoms with Crippen LogP contribution < -0.4 is 0 Å². The van der Waals surface area contributed by atoms with Crippen LogP contribution >= 0.6 is 0 Å². The van der Waals surface area contributed by atoms with E-state index < -0.39 is 0 Å². The van der Waals surface area contributed by atoms with Gasteiger partial charge in [-0.25, -0.2) is 0 Å². The van der Waals surface area contributed by atoms with E-state index in [0.717, 1.165) is 5.56 Å². The second kappa shape index (κ2) is 6.14. The molecule has 1 heteroatoms. The minimum absolute atomic E-state index is 0.0352. The van der Waals surface area contributed by atoms with Gasteiger partial charge in [0, 0.05) is 5.41 Å². The van der Waals surface area contributed by atoms with Gasteiger partial charge in [-0.05, 0) is 26.3 Å². The van der Waals surface area contributed by atoms with E-state index >= 15 is 0 Å². The summed E-state index contributed by atoms with van der Waals surface area (Å²) in [6.07, 6.45) is 4.97. The standard InChI is InChI=1S/C16H18O/c1-5-13-17-15(11-12-16(2,3)4)14-9-7-6-8-10-14/h1,6-10,15H,13H2,2-4H3. The molecule has 0 radical (unpaired) electrons. The first-order valence-electron chi connectivity index (χ1n) is 5.65. The van der Waals surface area contributed by atoms with Crippen molar-refractivity contribution in [2.24, 2.45) is 5.41 Å². The van der Waals surface area contributed by atoms with Crippen LogP contribution in [0, 0.1) is 29.6 Å². The Morgan fingerprint density at radius 2 is 1.88 bits per heavy atom. The van der Waals surface area contributed by atoms with E-state index in [9.17, 15) is 0 Å². The number of ether oxygens (including phenoxy) is 1. The van der Waals surface area contributed by atoms with Crippen molar-refractivity contribution in [3.05, 3.63) is 35.9 Å². The molecule has 0 amide bonds. The molecule has 0 aliphatic carbocycles. The summed E-state index contributed by atoms with van der Waals surface area (Å²) in [6.45, 7) is 6.49. The smallest absolute Gasteiger partial charge is 0.144 e. The highest BCUT2D eigenvalue weighted by Gasteiger charge is 2.09. The van der Waals surface area contributed by atoms with Gasteiger partial charge < -0.3 is 4.74 Å². The zero-order valence-electron chi connectivity index (χ0n) is 10.7. The Morgan fingerprint density at radius 1 is 1.24 bits per heavy atom. The van der Waals surface area contributed by atoms with Gasteiger partial charge in [0.05, 0.1) is 0 Å². The Morgan fingerprint density at radius 3 is 2.41 bits per heavy atom. The fourth-order valence-electron chi connectivity index (χ4n) is 1.26. The molecule has 88 valence electrons. The van der Waals surface area contributed by atoms with Gasteiger partial charge in [0.1, 0.15) is 12.7 Å². The molecule has 0 saturated heterocycles. The van der Waals surface area contributed by atoms with Gasteiger partial charge in [-0.15, -0.1) is 6.42 Å². The molecule has 0 saturated carbocycles. The number of hydrogen-bond donors (Lipinski definition) is 0. The summed E-state index contributed by atoms with van der Waals surface area (Å²) >= 11 is 0. The Hall–Kier alpha value is -1.70. The van der Waals surface area contributed by atoms with Crippen LogP contribution in [0.2, 0.25) is 0 Å². The predicted molar refractivity (Wildman–Crippen MR) is 71.2 cm³/mol. The normalized spacial score (nSPS) is 12.1. The lowest BCUT2D eigenvalue weighted by Crippen LogP contribution is -2.05. The molecule has 1 rings (SSSR count). The lowest BCUT2D eigenvalue weighted by Gasteiger charge is -2.13. The first-order chi connectivity index (χ1) is 8.03. The van der Waals surface area contributed by atoms with E-state index in [-0.39, 0.29) is 18.1 Å². The molecule has 0 fully saturated rings. The van der Waals surface area contributed by atoms with Gasteiger partial charge in [-0.1, -0.05) is 48.1 Å². The quantitative estimate of drug-likeness (QED) is 0.717. The van der Waals surface area contributed by atoms with Crippen molar-refractivity contribution in [1.29, 1.82) is 0 Å². The summed E-state index contributed by atoms with van der Waals surface area (Å²) in [5.41, 5.74) is 1.01. The van der Waals surface area contributed by atoms with Crippen molar-refractivity contribution in [3.63, 3.8) is 0 Å². The fraction of sp³-hybridized carbons (Fsp3) is 0.375. The minimum Gasteiger partial charge on any atom is -0.348 e. The molecule has 0 aliphatic rings. The van der Waals surface area contributed by atoms with Gasteiger partial charge in [0.2, 0.25) is 0 Å². The highest BCUT2D eigenvalue weighted by molar-refractivity contribution is 5.26. The maximum atomic E-state index is 5.56. The highest BCUT2D eigenvalue weighted by atomic mass is 16.5. The molecule has 0 aliphatic heterocycles. The second-order valence-electron chi connectivity index (χ2n) is 4.83. The van der Waals surface area contributed by atoms with Crippen molar-refractivity contribution < 1.29 is 4.74 Å². The van der Waals surface area contributed by atoms with E-state index in [1.165, 1.54) is 0 Å². The average Bonchev–Trinajstić information content (AvgIpc) is 2.29. The number of benzene rings is 1. The maximum Gasteiger partial charge on any atom is 0.144 e. The lowest BCUT2D eigenvalue weighted by molar-refractivity contribution is 0.121. The van der Waals surface area contributed by atoms with E-state index in [2.05, 4.69) is 38.5 Å². The predicted octanol–water partition coefficient (Wildman–Crippen LogP) is 3.43. The van der Waals surface area contributed by atoms with Crippen molar-refractivity contribution in [1.82, 2.24) is 0 Å². The molecule has 1 aromatic carbocycles. The van der Waals surface area contributed by atoms with Gasteiger partial charge in [0.25, 0.3) is 0 Å². The minimum atomic E-state index is -0.244. The second-order valence-corrected chi connectivity index (χ2v) is 4.83. The molecule has 0 heterocycles. The number of hydrogen-bond acceptors (Lipinski definition) is 1. The number of terminal acetylenes is 1. The van der Waals surface area contributed by atoms with Crippen molar-refractivity contribution >= 4 is 0 Å². The average molecular weight is 226 g/mol. The molecule has 17 heavy (non-hydrogen) atoms. The highest BCUT2D eigenvalue weighted by Crippen LogP contribution is 2.18. The van der Waals surface area contributed by atoms with Gasteiger partial charge in [0.15, 0.2) is 0 Å². The Labute approximate surface area is 104 Å². The summed E-state index contributed by atoms with van der Waals surface area (Å²) in [4.78, 5) is 0. The Kier molecular flexibility index (Phi) is 4.83. The van der Waals surface area contributed by atoms with E-state index in [1.54, 1.807) is 0 Å². The molecule has 1 aromatic rings. The van der Waals surface area contributed by atoms with Crippen molar-refractivity contribution in [2.75, 3.05) is 6.61 Å². The van der Waals surface area contributed by atoms with Gasteiger partial charge in [-0.2, -0.15) is 0 Å². The fourth-order valence-corrected chi connectivity index (χ4v) is 1.26. The van der Waals surface area contributed by atoms with Crippen LogP contribution in [-0.4, -0.2) is 6.61 Å². The zero-order chi connectivity index (χ0) is 12.7. The summed E-state index contributed by atoms with van der Waals surface area (Å²) < 4.78 is 5.56. The SMILES string of the molecule is C#CCOC(C#CC(C)(C)C)c1ccccc1. The van der Waals surface area contributed by atoms with Crippen molar-refractivity contribution in [3.8, 4) is 24.2 Å². The summed E-state index contributed by atoms with van der Waals surface area (Å²) in [6, 6.07) is 9.91. The first kappa shape index (κ1) is 13.4. The third-order valence-corrected chi connectivity index (χ3v) is 2.01. The molecular formula is C16H18O. The molecule has 1 atom stereocenters. The summed E-state index contributed by atoms with van der Waals surface area (Å²) in [5.74, 6) is 8.80. The lowest BCUT2D eigenvalue weighted by atomic mass is 9.97. The van der Waals surface area contributed by atoms with E-state index in [4.69, 9.17) is 11.2 Å². The third kappa shape index (κ3) is 5.25. The maximum absolute atomic E-state index is 5.56. The van der Waals surface area contributed by atoms with Crippen LogP contribution in [0.25, 0.3) is 0 Å². The van der Waals surface area contributed by atoms with Gasteiger partial charge >= 0.3 is 0 Å². The summed E-state index contributed by atoms with van der Waals surface area (Å²) in [5, 5.41) is 0. The van der Waals surface area contributed by atoms with Gasteiger partial charge in [-0.3, -0.25) is 0 Å². The molecule has 0 spiro atoms. The summed E-state index contributed by atoms with van der Waals surface area (Å²) in [7, 11) is 0. The van der Waals surface area contributed by atoms with Crippen LogP contribution in [0.1, 0.15) is 32.4 Å². The molecule has 0 N–H and O–H groups in total. The Bertz CT molecular complexity index is 434. The topological polar surface area (TPSA) is 9.23 Å². The zero-order valence-corrected chi connectivity index (χ0v) is 10.7. The van der Waals surface area contributed by atoms with E-state index in [0.29, 0.717) is 0 Å². The molecule has 1 unspecified atom stereocenters. The van der Waals surface area contributed by atoms with Crippen LogP contribution in [0.3, 0.4) is 0 Å². The monoisotopic (exact) mass is 226 g/mol. The van der Waals surface area contributed by atoms with Crippen LogP contribution in [0.4, 0.5) is 0 Å². The van der Waals surface area contributed by atoms with Crippen LogP contribution in [0.15, 0.2) is 30.3 Å². The first-order valence-corrected chi connectivity index (χ1v) is 5.65. The molecule has 0 aromatic heterocycles. The molecule has 0 bridgehead atoms. The third-order valence-electron chi connectivity index (χ3n) is 2.01. The molecular weight excluding hydrogens is 208 g/mol. The number of rotatable bonds is 3. The van der Waals surface area contributed by atoms with Crippen molar-refractivity contribution in [2.45, 2.75) is 26.9 Å².